The molecule has 164 valence electrons. The second kappa shape index (κ2) is 9.14. The summed E-state index contributed by atoms with van der Waals surface area (Å²) in [6.45, 7) is 0. The quantitative estimate of drug-likeness (QED) is 0.548. The van der Waals surface area contributed by atoms with Gasteiger partial charge in [0.25, 0.3) is 5.91 Å². The van der Waals surface area contributed by atoms with E-state index in [0.29, 0.717) is 11.6 Å². The Morgan fingerprint density at radius 1 is 1.28 bits per heavy atom. The highest BCUT2D eigenvalue weighted by Gasteiger charge is 2.38. The van der Waals surface area contributed by atoms with E-state index in [1.54, 1.807) is 23.1 Å². The predicted molar refractivity (Wildman–Crippen MR) is 116 cm³/mol. The van der Waals surface area contributed by atoms with E-state index in [2.05, 4.69) is 26.5 Å². The zero-order valence-electron chi connectivity index (χ0n) is 17.5. The van der Waals surface area contributed by atoms with Crippen molar-refractivity contribution in [3.8, 4) is 6.07 Å². The molecule has 3 aromatic rings. The minimum atomic E-state index is -0.651. The fraction of sp³-hybridized carbons (Fsp3) is 0.348. The number of carbonyl (C=O) groups excluding carboxylic acids is 1. The maximum Gasteiger partial charge on any atom is 0.254 e. The number of halogens is 1. The molecule has 8 nitrogen and oxygen atoms in total. The van der Waals surface area contributed by atoms with Crippen LogP contribution in [0.3, 0.4) is 0 Å². The van der Waals surface area contributed by atoms with E-state index in [-0.39, 0.29) is 17.8 Å². The Morgan fingerprint density at radius 2 is 2.09 bits per heavy atom. The highest BCUT2D eigenvalue weighted by Crippen LogP contribution is 2.41. The molecule has 9 heteroatoms. The number of nitrogens with zero attached hydrogens (tertiary/aromatic N) is 5. The molecule has 0 saturated heterocycles. The average Bonchev–Trinajstić information content (AvgIpc) is 3.21. The number of hydrogen-bond acceptors (Lipinski definition) is 6. The van der Waals surface area contributed by atoms with Crippen molar-refractivity contribution in [1.29, 1.82) is 5.26 Å². The highest BCUT2D eigenvalue weighted by atomic mass is 19.1. The number of amides is 1. The number of rotatable bonds is 7. The van der Waals surface area contributed by atoms with Crippen LogP contribution in [0.5, 0.6) is 0 Å². The molecule has 32 heavy (non-hydrogen) atoms. The van der Waals surface area contributed by atoms with Gasteiger partial charge < -0.3 is 11.1 Å². The van der Waals surface area contributed by atoms with Gasteiger partial charge in [-0.25, -0.2) is 4.98 Å². The van der Waals surface area contributed by atoms with Crippen molar-refractivity contribution >= 4 is 17.4 Å². The Balaban J connectivity index is 1.57. The number of pyridine rings is 2. The maximum atomic E-state index is 13.5. The number of aromatic nitrogens is 4. The van der Waals surface area contributed by atoms with E-state index >= 15 is 0 Å². The Labute approximate surface area is 185 Å². The highest BCUT2D eigenvalue weighted by molar-refractivity contribution is 5.98. The molecule has 1 saturated carbocycles. The van der Waals surface area contributed by atoms with Crippen molar-refractivity contribution < 1.29 is 9.18 Å². The number of primary amides is 1. The van der Waals surface area contributed by atoms with E-state index in [1.165, 1.54) is 12.3 Å². The summed E-state index contributed by atoms with van der Waals surface area (Å²) in [6, 6.07) is 11.0. The molecule has 0 atom stereocenters. The molecule has 0 unspecified atom stereocenters. The second-order valence-electron chi connectivity index (χ2n) is 8.22. The van der Waals surface area contributed by atoms with E-state index < -0.39 is 17.4 Å². The maximum absolute atomic E-state index is 13.5. The van der Waals surface area contributed by atoms with Crippen LogP contribution in [0.1, 0.15) is 48.2 Å². The van der Waals surface area contributed by atoms with Gasteiger partial charge in [0.2, 0.25) is 5.95 Å². The molecule has 0 radical (unpaired) electrons. The van der Waals surface area contributed by atoms with Crippen molar-refractivity contribution in [2.45, 2.75) is 44.1 Å². The van der Waals surface area contributed by atoms with Crippen LogP contribution in [0.15, 0.2) is 48.9 Å². The lowest BCUT2D eigenvalue weighted by Crippen LogP contribution is -2.38. The van der Waals surface area contributed by atoms with E-state index in [0.717, 1.165) is 37.8 Å². The van der Waals surface area contributed by atoms with Gasteiger partial charge in [-0.3, -0.25) is 14.5 Å². The van der Waals surface area contributed by atoms with Crippen LogP contribution in [0, 0.1) is 23.2 Å². The van der Waals surface area contributed by atoms with Gasteiger partial charge in [0, 0.05) is 36.0 Å². The molecule has 4 rings (SSSR count). The first-order valence-corrected chi connectivity index (χ1v) is 10.5. The van der Waals surface area contributed by atoms with Crippen LogP contribution in [-0.4, -0.2) is 25.7 Å². The predicted octanol–water partition coefficient (Wildman–Crippen LogP) is 3.70. The third kappa shape index (κ3) is 4.59. The summed E-state index contributed by atoms with van der Waals surface area (Å²) in [5.74, 6) is -0.595. The van der Waals surface area contributed by atoms with Crippen molar-refractivity contribution in [3.05, 3.63) is 66.1 Å². The normalized spacial score (nSPS) is 20.4. The molecule has 3 N–H and O–H groups in total. The summed E-state index contributed by atoms with van der Waals surface area (Å²) in [5, 5.41) is 17.1. The van der Waals surface area contributed by atoms with E-state index in [1.807, 2.05) is 18.2 Å². The van der Waals surface area contributed by atoms with Crippen LogP contribution >= 0.6 is 0 Å². The lowest BCUT2D eigenvalue weighted by Gasteiger charge is -2.39. The lowest BCUT2D eigenvalue weighted by atomic mass is 9.73. The van der Waals surface area contributed by atoms with Crippen molar-refractivity contribution in [2.24, 2.45) is 11.7 Å². The molecule has 1 fully saturated rings. The number of nitriles is 1. The zero-order chi connectivity index (χ0) is 22.6. The minimum Gasteiger partial charge on any atom is -0.365 e. The Kier molecular flexibility index (Phi) is 6.12. The van der Waals surface area contributed by atoms with Crippen LogP contribution in [0.4, 0.5) is 15.9 Å². The Bertz CT molecular complexity index is 1130. The smallest absolute Gasteiger partial charge is 0.254 e. The van der Waals surface area contributed by atoms with Crippen LogP contribution in [0.2, 0.25) is 0 Å². The minimum absolute atomic E-state index is 0.190. The molecular weight excluding hydrogens is 409 g/mol. The third-order valence-electron chi connectivity index (χ3n) is 6.12. The standard InChI is InChI=1S/C23H24FN7O/c24-20-14-18(6-12-28-20)29-22-19(21(26)32)15-31(30-22)23(9-10-25)7-4-16(5-8-23)13-17-3-1-2-11-27-17/h1-3,6,11-12,14-16H,4-5,7-9,13H2,(H2,26,32)(H,28,29,30). The van der Waals surface area contributed by atoms with Crippen molar-refractivity contribution in [3.63, 3.8) is 0 Å². The molecule has 0 spiro atoms. The summed E-state index contributed by atoms with van der Waals surface area (Å²) in [7, 11) is 0. The summed E-state index contributed by atoms with van der Waals surface area (Å²) in [5.41, 5.74) is 6.71. The summed E-state index contributed by atoms with van der Waals surface area (Å²) in [6.07, 6.45) is 9.23. The van der Waals surface area contributed by atoms with Gasteiger partial charge in [-0.05, 0) is 56.2 Å². The number of nitrogens with two attached hydrogens (primary N) is 1. The fourth-order valence-electron chi connectivity index (χ4n) is 4.37. The van der Waals surface area contributed by atoms with Crippen LogP contribution in [-0.2, 0) is 12.0 Å². The molecule has 3 aromatic heterocycles. The second-order valence-corrected chi connectivity index (χ2v) is 8.22. The van der Waals surface area contributed by atoms with Crippen molar-refractivity contribution in [2.75, 3.05) is 5.32 Å². The van der Waals surface area contributed by atoms with Gasteiger partial charge in [0.05, 0.1) is 18.0 Å². The number of nitrogens with one attached hydrogen (secondary N) is 1. The topological polar surface area (TPSA) is 123 Å². The molecule has 1 aliphatic carbocycles. The molecular formula is C23H24FN7O. The first-order chi connectivity index (χ1) is 15.5. The number of carbonyl (C=O) groups is 1. The van der Waals surface area contributed by atoms with E-state index in [4.69, 9.17) is 5.73 Å². The van der Waals surface area contributed by atoms with Gasteiger partial charge in [-0.15, -0.1) is 0 Å². The summed E-state index contributed by atoms with van der Waals surface area (Å²) in [4.78, 5) is 20.0. The summed E-state index contributed by atoms with van der Waals surface area (Å²) >= 11 is 0. The van der Waals surface area contributed by atoms with Gasteiger partial charge in [0.1, 0.15) is 5.56 Å². The van der Waals surface area contributed by atoms with E-state index in [9.17, 15) is 14.4 Å². The number of hydrogen-bond donors (Lipinski definition) is 2. The molecule has 0 bridgehead atoms. The summed E-state index contributed by atoms with van der Waals surface area (Å²) < 4.78 is 15.2. The van der Waals surface area contributed by atoms with Crippen molar-refractivity contribution in [1.82, 2.24) is 19.7 Å². The van der Waals surface area contributed by atoms with Crippen LogP contribution < -0.4 is 11.1 Å². The molecule has 0 aliphatic heterocycles. The zero-order valence-corrected chi connectivity index (χ0v) is 17.5. The Morgan fingerprint density at radius 3 is 2.75 bits per heavy atom. The average molecular weight is 433 g/mol. The molecule has 0 aromatic carbocycles. The molecule has 1 aliphatic rings. The third-order valence-corrected chi connectivity index (χ3v) is 6.12. The van der Waals surface area contributed by atoms with Gasteiger partial charge >= 0.3 is 0 Å². The van der Waals surface area contributed by atoms with Gasteiger partial charge in [-0.2, -0.15) is 14.8 Å². The first kappa shape index (κ1) is 21.4. The number of anilines is 2. The van der Waals surface area contributed by atoms with Gasteiger partial charge in [0.15, 0.2) is 5.82 Å². The fourth-order valence-corrected chi connectivity index (χ4v) is 4.37. The SMILES string of the molecule is N#CCC1(n2cc(C(N)=O)c(Nc3ccnc(F)c3)n2)CCC(Cc2ccccn2)CC1. The van der Waals surface area contributed by atoms with Crippen LogP contribution in [0.25, 0.3) is 0 Å². The Hall–Kier alpha value is -3.80. The monoisotopic (exact) mass is 433 g/mol. The first-order valence-electron chi connectivity index (χ1n) is 10.5. The lowest BCUT2D eigenvalue weighted by molar-refractivity contribution is 0.1000. The largest absolute Gasteiger partial charge is 0.365 e. The van der Waals surface area contributed by atoms with Gasteiger partial charge in [-0.1, -0.05) is 6.07 Å². The molecule has 1 amide bonds. The molecule has 3 heterocycles.